The largest absolute Gasteiger partial charge is 0.494 e. The highest BCUT2D eigenvalue weighted by Gasteiger charge is 2.41. The van der Waals surface area contributed by atoms with Crippen LogP contribution in [0.5, 0.6) is 11.6 Å². The zero-order chi connectivity index (χ0) is 28.0. The molecule has 2 aliphatic heterocycles. The van der Waals surface area contributed by atoms with Crippen LogP contribution in [0.1, 0.15) is 31.2 Å². The van der Waals surface area contributed by atoms with Crippen molar-refractivity contribution < 1.29 is 27.4 Å². The first-order chi connectivity index (χ1) is 19.3. The molecule has 1 aromatic heterocycles. The fourth-order valence-electron chi connectivity index (χ4n) is 5.38. The summed E-state index contributed by atoms with van der Waals surface area (Å²) in [6, 6.07) is 16.8. The second kappa shape index (κ2) is 12.9. The number of alkyl halides is 3. The van der Waals surface area contributed by atoms with Crippen molar-refractivity contribution >= 4 is 22.6 Å². The minimum Gasteiger partial charge on any atom is -0.494 e. The first kappa shape index (κ1) is 28.2. The Morgan fingerprint density at radius 1 is 0.875 bits per heavy atom. The second-order valence-electron chi connectivity index (χ2n) is 10.4. The topological polar surface area (TPSA) is 58.1 Å². The molecule has 0 amide bonds. The molecule has 7 nitrogen and oxygen atoms in total. The molecule has 214 valence electrons. The molecule has 0 radical (unpaired) electrons. The van der Waals surface area contributed by atoms with E-state index in [0.29, 0.717) is 5.52 Å². The van der Waals surface area contributed by atoms with Crippen molar-refractivity contribution in [3.05, 3.63) is 60.2 Å². The van der Waals surface area contributed by atoms with Crippen LogP contribution in [0.25, 0.3) is 10.9 Å². The van der Waals surface area contributed by atoms with E-state index in [-0.39, 0.29) is 5.88 Å². The van der Waals surface area contributed by atoms with Gasteiger partial charge in [-0.15, -0.1) is 0 Å². The summed E-state index contributed by atoms with van der Waals surface area (Å²) in [5, 5.41) is 0.763. The highest BCUT2D eigenvalue weighted by molar-refractivity contribution is 5.91. The van der Waals surface area contributed by atoms with Gasteiger partial charge in [-0.25, -0.2) is 9.78 Å². The van der Waals surface area contributed by atoms with Gasteiger partial charge in [0.05, 0.1) is 17.8 Å². The molecule has 0 bridgehead atoms. The molecule has 2 aromatic carbocycles. The van der Waals surface area contributed by atoms with E-state index in [4.69, 9.17) is 4.74 Å². The van der Waals surface area contributed by atoms with Crippen LogP contribution in [-0.2, 0) is 11.3 Å². The third-order valence-electron chi connectivity index (χ3n) is 7.46. The van der Waals surface area contributed by atoms with Crippen molar-refractivity contribution in [1.82, 2.24) is 14.8 Å². The summed E-state index contributed by atoms with van der Waals surface area (Å²) in [5.41, 5.74) is 2.51. The third kappa shape index (κ3) is 7.42. The number of ether oxygens (including phenoxy) is 2. The number of anilines is 1. The smallest absolute Gasteiger partial charge is 0.491 e. The molecule has 2 saturated heterocycles. The van der Waals surface area contributed by atoms with Crippen molar-refractivity contribution in [1.29, 1.82) is 0 Å². The van der Waals surface area contributed by atoms with Gasteiger partial charge in [0.25, 0.3) is 0 Å². The van der Waals surface area contributed by atoms with Crippen LogP contribution in [0.4, 0.5) is 18.9 Å². The maximum Gasteiger partial charge on any atom is 0.491 e. The van der Waals surface area contributed by atoms with Gasteiger partial charge in [0, 0.05) is 50.7 Å². The number of pyridine rings is 1. The Morgan fingerprint density at radius 3 is 2.42 bits per heavy atom. The number of halogens is 3. The van der Waals surface area contributed by atoms with Crippen LogP contribution in [0.2, 0.25) is 0 Å². The molecule has 3 heterocycles. The van der Waals surface area contributed by atoms with Crippen molar-refractivity contribution in [2.45, 2.75) is 38.4 Å². The lowest BCUT2D eigenvalue weighted by Gasteiger charge is -2.36. The standard InChI is InChI=1S/C30H35F3N4O3/c31-30(32,33)29(38)40-27-12-11-24-8-5-10-26(28(24)34-27)37-18-16-36(17-19-37)22-23-7-4-9-25(21-23)39-20-6-15-35-13-2-1-3-14-35/h4-5,7-12,21H,1-3,6,13-20,22H2. The molecule has 0 unspecified atom stereocenters. The molecule has 0 spiro atoms. The number of para-hydroxylation sites is 1. The summed E-state index contributed by atoms with van der Waals surface area (Å²) in [6.45, 7) is 8.14. The number of benzene rings is 2. The number of aromatic nitrogens is 1. The molecule has 0 atom stereocenters. The van der Waals surface area contributed by atoms with Crippen LogP contribution in [0, 0.1) is 0 Å². The third-order valence-corrected chi connectivity index (χ3v) is 7.46. The SMILES string of the molecule is O=C(Oc1ccc2cccc(N3CCN(Cc4cccc(OCCCN5CCCCC5)c4)CC3)c2n1)C(F)(F)F. The van der Waals surface area contributed by atoms with Crippen molar-refractivity contribution in [2.75, 3.05) is 57.3 Å². The maximum atomic E-state index is 12.6. The zero-order valence-electron chi connectivity index (χ0n) is 22.5. The number of piperidine rings is 1. The molecule has 2 fully saturated rings. The summed E-state index contributed by atoms with van der Waals surface area (Å²) in [5.74, 6) is -1.74. The van der Waals surface area contributed by atoms with E-state index >= 15 is 0 Å². The predicted octanol–water partition coefficient (Wildman–Crippen LogP) is 5.28. The molecular formula is C30H35F3N4O3. The molecule has 3 aromatic rings. The fourth-order valence-corrected chi connectivity index (χ4v) is 5.38. The van der Waals surface area contributed by atoms with Crippen LogP contribution < -0.4 is 14.4 Å². The maximum absolute atomic E-state index is 12.6. The number of nitrogens with zero attached hydrogens (tertiary/aromatic N) is 4. The van der Waals surface area contributed by atoms with Crippen LogP contribution >= 0.6 is 0 Å². The molecule has 0 saturated carbocycles. The number of piperazine rings is 1. The average molecular weight is 557 g/mol. The van der Waals surface area contributed by atoms with E-state index in [1.807, 2.05) is 30.3 Å². The Kier molecular flexibility index (Phi) is 9.06. The van der Waals surface area contributed by atoms with Crippen molar-refractivity contribution in [3.63, 3.8) is 0 Å². The van der Waals surface area contributed by atoms with Gasteiger partial charge in [-0.05, 0) is 62.2 Å². The number of hydrogen-bond acceptors (Lipinski definition) is 7. The Hall–Kier alpha value is -3.37. The highest BCUT2D eigenvalue weighted by atomic mass is 19.4. The normalized spacial score (nSPS) is 17.2. The minimum absolute atomic E-state index is 0.366. The predicted molar refractivity (Wildman–Crippen MR) is 148 cm³/mol. The van der Waals surface area contributed by atoms with E-state index < -0.39 is 12.1 Å². The zero-order valence-corrected chi connectivity index (χ0v) is 22.5. The summed E-state index contributed by atoms with van der Waals surface area (Å²) >= 11 is 0. The molecule has 2 aliphatic rings. The van der Waals surface area contributed by atoms with Gasteiger partial charge < -0.3 is 19.3 Å². The first-order valence-corrected chi connectivity index (χ1v) is 14.0. The lowest BCUT2D eigenvalue weighted by Crippen LogP contribution is -2.46. The van der Waals surface area contributed by atoms with Gasteiger partial charge in [0.1, 0.15) is 5.75 Å². The average Bonchev–Trinajstić information content (AvgIpc) is 2.96. The first-order valence-electron chi connectivity index (χ1n) is 14.0. The monoisotopic (exact) mass is 556 g/mol. The van der Waals surface area contributed by atoms with E-state index in [1.165, 1.54) is 44.0 Å². The molecule has 0 aliphatic carbocycles. The number of hydrogen-bond donors (Lipinski definition) is 0. The molecule has 0 N–H and O–H groups in total. The van der Waals surface area contributed by atoms with E-state index in [1.54, 1.807) is 6.07 Å². The van der Waals surface area contributed by atoms with Gasteiger partial charge in [-0.3, -0.25) is 4.90 Å². The van der Waals surface area contributed by atoms with Crippen LogP contribution in [-0.4, -0.2) is 79.3 Å². The number of carbonyl (C=O) groups excluding carboxylic acids is 1. The number of fused-ring (bicyclic) bond motifs is 1. The summed E-state index contributed by atoms with van der Waals surface area (Å²) < 4.78 is 48.4. The van der Waals surface area contributed by atoms with Crippen molar-refractivity contribution in [2.24, 2.45) is 0 Å². The fraction of sp³-hybridized carbons (Fsp3) is 0.467. The molecule has 5 rings (SSSR count). The quantitative estimate of drug-likeness (QED) is 0.263. The Bertz CT molecular complexity index is 1290. The number of likely N-dealkylation sites (tertiary alicyclic amines) is 1. The molecule has 10 heteroatoms. The van der Waals surface area contributed by atoms with Gasteiger partial charge >= 0.3 is 12.1 Å². The Balaban J connectivity index is 1.14. The van der Waals surface area contributed by atoms with Crippen LogP contribution in [0.3, 0.4) is 0 Å². The molecule has 40 heavy (non-hydrogen) atoms. The van der Waals surface area contributed by atoms with Gasteiger partial charge in [-0.1, -0.05) is 30.7 Å². The van der Waals surface area contributed by atoms with E-state index in [0.717, 1.165) is 69.1 Å². The van der Waals surface area contributed by atoms with E-state index in [2.05, 4.69) is 36.6 Å². The Labute approximate surface area is 232 Å². The summed E-state index contributed by atoms with van der Waals surface area (Å²) in [6.07, 6.45) is -0.0890. The molecular weight excluding hydrogens is 521 g/mol. The van der Waals surface area contributed by atoms with Gasteiger partial charge in [0.15, 0.2) is 0 Å². The lowest BCUT2D eigenvalue weighted by atomic mass is 10.1. The summed E-state index contributed by atoms with van der Waals surface area (Å²) in [7, 11) is 0. The highest BCUT2D eigenvalue weighted by Crippen LogP contribution is 2.29. The van der Waals surface area contributed by atoms with Gasteiger partial charge in [0.2, 0.25) is 5.88 Å². The van der Waals surface area contributed by atoms with Gasteiger partial charge in [-0.2, -0.15) is 13.2 Å². The lowest BCUT2D eigenvalue weighted by molar-refractivity contribution is -0.189. The van der Waals surface area contributed by atoms with Crippen LogP contribution in [0.15, 0.2) is 54.6 Å². The van der Waals surface area contributed by atoms with Crippen molar-refractivity contribution in [3.8, 4) is 11.6 Å². The minimum atomic E-state index is -5.08. The Morgan fingerprint density at radius 2 is 1.65 bits per heavy atom. The number of carbonyl (C=O) groups is 1. The second-order valence-corrected chi connectivity index (χ2v) is 10.4. The number of rotatable bonds is 9. The van der Waals surface area contributed by atoms with E-state index in [9.17, 15) is 18.0 Å². The number of esters is 1. The summed E-state index contributed by atoms with van der Waals surface area (Å²) in [4.78, 5) is 22.6.